The molecule has 1 aromatic carbocycles. The number of benzene rings is 1. The number of nitrogens with zero attached hydrogens (tertiary/aromatic N) is 2. The van der Waals surface area contributed by atoms with Gasteiger partial charge >= 0.3 is 0 Å². The Labute approximate surface area is 172 Å². The van der Waals surface area contributed by atoms with Crippen molar-refractivity contribution >= 4 is 21.4 Å². The first kappa shape index (κ1) is 21.2. The smallest absolute Gasteiger partial charge is 0.222 e. The molecule has 1 aliphatic rings. The van der Waals surface area contributed by atoms with Gasteiger partial charge in [0.05, 0.1) is 26.9 Å². The van der Waals surface area contributed by atoms with E-state index in [1.807, 2.05) is 0 Å². The van der Waals surface area contributed by atoms with E-state index in [2.05, 4.69) is 10.2 Å². The fourth-order valence-electron chi connectivity index (χ4n) is 3.17. The Morgan fingerprint density at radius 2 is 1.86 bits per heavy atom. The second-order valence-corrected chi connectivity index (χ2v) is 8.70. The minimum atomic E-state index is -4.11. The zero-order valence-corrected chi connectivity index (χ0v) is 17.9. The van der Waals surface area contributed by atoms with Crippen LogP contribution in [0.4, 0.5) is 0 Å². The maximum atomic E-state index is 12.4. The molecule has 9 nitrogen and oxygen atoms in total. The third kappa shape index (κ3) is 3.73. The van der Waals surface area contributed by atoms with Crippen LogP contribution in [0, 0.1) is 0 Å². The second-order valence-electron chi connectivity index (χ2n) is 6.08. The number of hydrogen-bond acceptors (Lipinski definition) is 9. The molecule has 0 bridgehead atoms. The molecule has 0 aliphatic heterocycles. The van der Waals surface area contributed by atoms with Crippen LogP contribution in [-0.4, -0.2) is 52.3 Å². The molecule has 1 aliphatic carbocycles. The molecule has 0 saturated heterocycles. The SMILES string of the molecule is COC1=CC=CC(OC)(c2nnc(-c3cc(OC)ccc3OC)s2)C1S(N)(=O)=O. The Hall–Kier alpha value is -2.47. The Balaban J connectivity index is 2.16. The fraction of sp³-hybridized carbons (Fsp3) is 0.333. The number of methoxy groups -OCH3 is 4. The molecule has 3 rings (SSSR count). The predicted octanol–water partition coefficient (Wildman–Crippen LogP) is 1.82. The van der Waals surface area contributed by atoms with Gasteiger partial charge in [0.2, 0.25) is 10.0 Å². The van der Waals surface area contributed by atoms with Crippen LogP contribution in [0.3, 0.4) is 0 Å². The third-order valence-corrected chi connectivity index (χ3v) is 6.88. The van der Waals surface area contributed by atoms with Gasteiger partial charge < -0.3 is 18.9 Å². The third-order valence-electron chi connectivity index (χ3n) is 4.55. The lowest BCUT2D eigenvalue weighted by Crippen LogP contribution is -2.50. The van der Waals surface area contributed by atoms with E-state index in [4.69, 9.17) is 24.1 Å². The molecule has 2 atom stereocenters. The van der Waals surface area contributed by atoms with E-state index in [9.17, 15) is 8.42 Å². The summed E-state index contributed by atoms with van der Waals surface area (Å²) in [5, 5.41) is 13.5. The Morgan fingerprint density at radius 3 is 2.45 bits per heavy atom. The van der Waals surface area contributed by atoms with E-state index in [1.54, 1.807) is 44.6 Å². The van der Waals surface area contributed by atoms with Gasteiger partial charge in [-0.25, -0.2) is 13.6 Å². The molecule has 156 valence electrons. The highest BCUT2D eigenvalue weighted by Crippen LogP contribution is 2.44. The zero-order chi connectivity index (χ0) is 21.2. The number of aromatic nitrogens is 2. The minimum Gasteiger partial charge on any atom is -0.500 e. The first-order chi connectivity index (χ1) is 13.8. The predicted molar refractivity (Wildman–Crippen MR) is 108 cm³/mol. The van der Waals surface area contributed by atoms with Crippen molar-refractivity contribution in [3.05, 3.63) is 47.2 Å². The number of allylic oxidation sites excluding steroid dienone is 2. The lowest BCUT2D eigenvalue weighted by atomic mass is 9.93. The van der Waals surface area contributed by atoms with Gasteiger partial charge in [0, 0.05) is 7.11 Å². The maximum absolute atomic E-state index is 12.4. The van der Waals surface area contributed by atoms with Crippen LogP contribution in [0.15, 0.2) is 42.2 Å². The molecule has 0 radical (unpaired) electrons. The van der Waals surface area contributed by atoms with Crippen LogP contribution in [0.1, 0.15) is 5.01 Å². The monoisotopic (exact) mass is 439 g/mol. The normalized spacial score (nSPS) is 21.6. The number of nitrogens with two attached hydrogens (primary N) is 1. The van der Waals surface area contributed by atoms with Crippen molar-refractivity contribution in [1.29, 1.82) is 0 Å². The van der Waals surface area contributed by atoms with Crippen LogP contribution in [0.5, 0.6) is 11.5 Å². The highest BCUT2D eigenvalue weighted by Gasteiger charge is 2.52. The summed E-state index contributed by atoms with van der Waals surface area (Å²) < 4.78 is 46.5. The number of primary sulfonamides is 1. The standard InChI is InChI=1S/C18H21N3O6S2/c1-24-11-7-8-13(25-2)12(10-11)16-20-21-17(28-16)18(27-4)9-5-6-14(26-3)15(18)29(19,22)23/h5-10,15H,1-4H3,(H2,19,22,23). The van der Waals surface area contributed by atoms with Gasteiger partial charge in [0.25, 0.3) is 0 Å². The first-order valence-electron chi connectivity index (χ1n) is 8.37. The van der Waals surface area contributed by atoms with E-state index >= 15 is 0 Å². The van der Waals surface area contributed by atoms with Crippen molar-refractivity contribution < 1.29 is 27.4 Å². The van der Waals surface area contributed by atoms with Gasteiger partial charge in [-0.3, -0.25) is 0 Å². The zero-order valence-electron chi connectivity index (χ0n) is 16.3. The van der Waals surface area contributed by atoms with E-state index in [0.717, 1.165) is 11.3 Å². The van der Waals surface area contributed by atoms with Crippen molar-refractivity contribution in [2.75, 3.05) is 28.4 Å². The number of hydrogen-bond donors (Lipinski definition) is 1. The summed E-state index contributed by atoms with van der Waals surface area (Å²) in [6.45, 7) is 0. The molecule has 0 fully saturated rings. The van der Waals surface area contributed by atoms with Gasteiger partial charge in [0.1, 0.15) is 17.3 Å². The highest BCUT2D eigenvalue weighted by molar-refractivity contribution is 7.90. The lowest BCUT2D eigenvalue weighted by Gasteiger charge is -2.36. The van der Waals surface area contributed by atoms with Crippen LogP contribution < -0.4 is 14.6 Å². The summed E-state index contributed by atoms with van der Waals surface area (Å²) >= 11 is 1.16. The lowest BCUT2D eigenvalue weighted by molar-refractivity contribution is 0.0189. The van der Waals surface area contributed by atoms with Gasteiger partial charge in [-0.15, -0.1) is 10.2 Å². The van der Waals surface area contributed by atoms with Gasteiger partial charge in [-0.05, 0) is 30.4 Å². The molecule has 2 N–H and O–H groups in total. The average Bonchev–Trinajstić information content (AvgIpc) is 3.22. The highest BCUT2D eigenvalue weighted by atomic mass is 32.2. The summed E-state index contributed by atoms with van der Waals surface area (Å²) in [4.78, 5) is 0. The number of ether oxygens (including phenoxy) is 4. The average molecular weight is 440 g/mol. The topological polar surface area (TPSA) is 123 Å². The van der Waals surface area contributed by atoms with E-state index in [-0.39, 0.29) is 5.76 Å². The van der Waals surface area contributed by atoms with Gasteiger partial charge in [-0.2, -0.15) is 0 Å². The minimum absolute atomic E-state index is 0.146. The molecule has 2 aromatic rings. The van der Waals surface area contributed by atoms with Crippen LogP contribution in [-0.2, 0) is 25.1 Å². The van der Waals surface area contributed by atoms with E-state index in [0.29, 0.717) is 27.1 Å². The van der Waals surface area contributed by atoms with E-state index < -0.39 is 20.9 Å². The van der Waals surface area contributed by atoms with Crippen LogP contribution in [0.25, 0.3) is 10.6 Å². The quantitative estimate of drug-likeness (QED) is 0.693. The molecular formula is C18H21N3O6S2. The molecular weight excluding hydrogens is 418 g/mol. The summed E-state index contributed by atoms with van der Waals surface area (Å²) in [5.41, 5.74) is -0.841. The van der Waals surface area contributed by atoms with Crippen molar-refractivity contribution in [3.8, 4) is 22.1 Å². The molecule has 2 unspecified atom stereocenters. The van der Waals surface area contributed by atoms with Crippen molar-refractivity contribution in [1.82, 2.24) is 10.2 Å². The summed E-state index contributed by atoms with van der Waals surface area (Å²) in [6.07, 6.45) is 4.74. The molecule has 1 heterocycles. The molecule has 1 aromatic heterocycles. The molecule has 29 heavy (non-hydrogen) atoms. The van der Waals surface area contributed by atoms with Crippen molar-refractivity contribution in [3.63, 3.8) is 0 Å². The Bertz CT molecular complexity index is 1060. The van der Waals surface area contributed by atoms with Crippen molar-refractivity contribution in [2.45, 2.75) is 10.9 Å². The molecule has 11 heteroatoms. The maximum Gasteiger partial charge on any atom is 0.222 e. The molecule has 0 saturated carbocycles. The van der Waals surface area contributed by atoms with Crippen LogP contribution >= 0.6 is 11.3 Å². The van der Waals surface area contributed by atoms with Crippen molar-refractivity contribution in [2.24, 2.45) is 5.14 Å². The molecule has 0 spiro atoms. The van der Waals surface area contributed by atoms with E-state index in [1.165, 1.54) is 20.3 Å². The summed E-state index contributed by atoms with van der Waals surface area (Å²) in [6, 6.07) is 5.27. The molecule has 0 amide bonds. The Kier molecular flexibility index (Phi) is 5.94. The largest absolute Gasteiger partial charge is 0.500 e. The Morgan fingerprint density at radius 1 is 1.10 bits per heavy atom. The summed E-state index contributed by atoms with van der Waals surface area (Å²) in [5.74, 6) is 1.33. The fourth-order valence-corrected chi connectivity index (χ4v) is 5.56. The van der Waals surface area contributed by atoms with Crippen LogP contribution in [0.2, 0.25) is 0 Å². The second kappa shape index (κ2) is 8.11. The first-order valence-corrected chi connectivity index (χ1v) is 10.8. The summed E-state index contributed by atoms with van der Waals surface area (Å²) in [7, 11) is 1.74. The number of rotatable bonds is 7. The number of sulfonamides is 1. The van der Waals surface area contributed by atoms with Gasteiger partial charge in [-0.1, -0.05) is 17.4 Å². The van der Waals surface area contributed by atoms with Gasteiger partial charge in [0.15, 0.2) is 20.9 Å².